The van der Waals surface area contributed by atoms with Crippen molar-refractivity contribution in [2.24, 2.45) is 11.3 Å². The highest BCUT2D eigenvalue weighted by molar-refractivity contribution is 5.81. The first-order valence-corrected chi connectivity index (χ1v) is 7.46. The number of aliphatic hydroxyl groups is 1. The van der Waals surface area contributed by atoms with E-state index in [1.54, 1.807) is 6.92 Å². The highest BCUT2D eigenvalue weighted by Gasteiger charge is 2.28. The molecular weight excluding hydrogens is 256 g/mol. The third-order valence-corrected chi connectivity index (χ3v) is 3.79. The van der Waals surface area contributed by atoms with E-state index in [0.29, 0.717) is 25.9 Å². The average Bonchev–Trinajstić information content (AvgIpc) is 2.82. The van der Waals surface area contributed by atoms with Crippen LogP contribution in [0.3, 0.4) is 0 Å². The third-order valence-electron chi connectivity index (χ3n) is 3.79. The highest BCUT2D eigenvalue weighted by Crippen LogP contribution is 2.20. The van der Waals surface area contributed by atoms with Gasteiger partial charge in [-0.15, -0.1) is 0 Å². The molecule has 2 unspecified atom stereocenters. The SMILES string of the molecule is CC(O)C1CCN(C(=O)CCCNC(=O)C(C)(C)C)C1. The fourth-order valence-electron chi connectivity index (χ4n) is 2.27. The summed E-state index contributed by atoms with van der Waals surface area (Å²) in [6.45, 7) is 9.32. The lowest BCUT2D eigenvalue weighted by Crippen LogP contribution is -2.36. The second kappa shape index (κ2) is 7.07. The van der Waals surface area contributed by atoms with E-state index < -0.39 is 0 Å². The van der Waals surface area contributed by atoms with Gasteiger partial charge in [-0.05, 0) is 19.8 Å². The van der Waals surface area contributed by atoms with Crippen LogP contribution in [0.5, 0.6) is 0 Å². The molecule has 0 aromatic rings. The first kappa shape index (κ1) is 17.0. The summed E-state index contributed by atoms with van der Waals surface area (Å²) in [4.78, 5) is 25.5. The fourth-order valence-corrected chi connectivity index (χ4v) is 2.27. The Bertz CT molecular complexity index is 348. The quantitative estimate of drug-likeness (QED) is 0.744. The van der Waals surface area contributed by atoms with E-state index in [9.17, 15) is 14.7 Å². The number of hydrogen-bond donors (Lipinski definition) is 2. The first-order chi connectivity index (χ1) is 9.21. The monoisotopic (exact) mass is 284 g/mol. The van der Waals surface area contributed by atoms with Crippen LogP contribution in [-0.2, 0) is 9.59 Å². The average molecular weight is 284 g/mol. The molecule has 20 heavy (non-hydrogen) atoms. The van der Waals surface area contributed by atoms with Crippen molar-refractivity contribution >= 4 is 11.8 Å². The molecule has 2 atom stereocenters. The van der Waals surface area contributed by atoms with Crippen molar-refractivity contribution in [2.45, 2.75) is 53.1 Å². The molecule has 0 aliphatic carbocycles. The van der Waals surface area contributed by atoms with Crippen molar-refractivity contribution in [1.29, 1.82) is 0 Å². The lowest BCUT2D eigenvalue weighted by Gasteiger charge is -2.19. The van der Waals surface area contributed by atoms with Crippen LogP contribution in [0.1, 0.15) is 47.0 Å². The summed E-state index contributed by atoms with van der Waals surface area (Å²) in [5.41, 5.74) is -0.385. The van der Waals surface area contributed by atoms with E-state index in [-0.39, 0.29) is 29.3 Å². The van der Waals surface area contributed by atoms with Crippen molar-refractivity contribution in [2.75, 3.05) is 19.6 Å². The number of carbonyl (C=O) groups excluding carboxylic acids is 2. The minimum Gasteiger partial charge on any atom is -0.393 e. The van der Waals surface area contributed by atoms with Gasteiger partial charge in [-0.2, -0.15) is 0 Å². The second-order valence-electron chi connectivity index (χ2n) is 6.74. The minimum absolute atomic E-state index is 0.0142. The summed E-state index contributed by atoms with van der Waals surface area (Å²) >= 11 is 0. The van der Waals surface area contributed by atoms with Crippen LogP contribution in [0, 0.1) is 11.3 Å². The van der Waals surface area contributed by atoms with Gasteiger partial charge in [0.25, 0.3) is 0 Å². The molecular formula is C15H28N2O3. The zero-order valence-corrected chi connectivity index (χ0v) is 13.1. The van der Waals surface area contributed by atoms with Crippen molar-refractivity contribution in [3.05, 3.63) is 0 Å². The molecule has 2 N–H and O–H groups in total. The Kier molecular flexibility index (Phi) is 5.99. The van der Waals surface area contributed by atoms with Crippen LogP contribution >= 0.6 is 0 Å². The molecule has 116 valence electrons. The van der Waals surface area contributed by atoms with E-state index in [2.05, 4.69) is 5.32 Å². The van der Waals surface area contributed by atoms with Crippen molar-refractivity contribution in [3.63, 3.8) is 0 Å². The zero-order chi connectivity index (χ0) is 15.3. The third kappa shape index (κ3) is 5.12. The summed E-state index contributed by atoms with van der Waals surface area (Å²) in [5.74, 6) is 0.345. The molecule has 1 heterocycles. The van der Waals surface area contributed by atoms with Gasteiger partial charge in [-0.3, -0.25) is 9.59 Å². The molecule has 0 bridgehead atoms. The van der Waals surface area contributed by atoms with Gasteiger partial charge < -0.3 is 15.3 Å². The fraction of sp³-hybridized carbons (Fsp3) is 0.867. The maximum absolute atomic E-state index is 12.0. The highest BCUT2D eigenvalue weighted by atomic mass is 16.3. The molecule has 1 aliphatic rings. The summed E-state index contributed by atoms with van der Waals surface area (Å²) in [5, 5.41) is 12.4. The smallest absolute Gasteiger partial charge is 0.225 e. The van der Waals surface area contributed by atoms with Gasteiger partial charge in [0.1, 0.15) is 0 Å². The maximum Gasteiger partial charge on any atom is 0.225 e. The molecule has 0 aromatic carbocycles. The molecule has 0 aromatic heterocycles. The Morgan fingerprint density at radius 1 is 1.40 bits per heavy atom. The van der Waals surface area contributed by atoms with E-state index >= 15 is 0 Å². The van der Waals surface area contributed by atoms with Gasteiger partial charge in [0.05, 0.1) is 6.10 Å². The molecule has 0 spiro atoms. The molecule has 1 fully saturated rings. The predicted molar refractivity (Wildman–Crippen MR) is 78.1 cm³/mol. The van der Waals surface area contributed by atoms with Gasteiger partial charge in [0, 0.05) is 37.4 Å². The predicted octanol–water partition coefficient (Wildman–Crippen LogP) is 1.16. The molecule has 1 saturated heterocycles. The Morgan fingerprint density at radius 2 is 2.05 bits per heavy atom. The van der Waals surface area contributed by atoms with Crippen LogP contribution < -0.4 is 5.32 Å². The molecule has 2 amide bonds. The number of amides is 2. The second-order valence-corrected chi connectivity index (χ2v) is 6.74. The lowest BCUT2D eigenvalue weighted by atomic mass is 9.96. The minimum atomic E-state index is -0.385. The Labute approximate surface area is 121 Å². The summed E-state index contributed by atoms with van der Waals surface area (Å²) in [6, 6.07) is 0. The van der Waals surface area contributed by atoms with Crippen LogP contribution in [0.4, 0.5) is 0 Å². The number of nitrogens with zero attached hydrogens (tertiary/aromatic N) is 1. The molecule has 1 rings (SSSR count). The number of aliphatic hydroxyl groups excluding tert-OH is 1. The van der Waals surface area contributed by atoms with Gasteiger partial charge in [0.15, 0.2) is 0 Å². The number of hydrogen-bond acceptors (Lipinski definition) is 3. The number of carbonyl (C=O) groups is 2. The van der Waals surface area contributed by atoms with Gasteiger partial charge in [0.2, 0.25) is 11.8 Å². The standard InChI is InChI=1S/C15H28N2O3/c1-11(18)12-7-9-17(10-12)13(19)6-5-8-16-14(20)15(2,3)4/h11-12,18H,5-10H2,1-4H3,(H,16,20). The molecule has 5 nitrogen and oxygen atoms in total. The van der Waals surface area contributed by atoms with Crippen molar-refractivity contribution in [3.8, 4) is 0 Å². The first-order valence-electron chi connectivity index (χ1n) is 7.46. The summed E-state index contributed by atoms with van der Waals surface area (Å²) in [7, 11) is 0. The van der Waals surface area contributed by atoms with Crippen LogP contribution in [-0.4, -0.2) is 47.6 Å². The largest absolute Gasteiger partial charge is 0.393 e. The maximum atomic E-state index is 12.0. The summed E-state index contributed by atoms with van der Waals surface area (Å²) in [6.07, 6.45) is 1.65. The number of rotatable bonds is 5. The molecule has 1 aliphatic heterocycles. The Balaban J connectivity index is 2.20. The number of nitrogens with one attached hydrogen (secondary N) is 1. The zero-order valence-electron chi connectivity index (χ0n) is 13.1. The lowest BCUT2D eigenvalue weighted by molar-refractivity contribution is -0.131. The van der Waals surface area contributed by atoms with Gasteiger partial charge >= 0.3 is 0 Å². The Hall–Kier alpha value is -1.10. The van der Waals surface area contributed by atoms with Crippen LogP contribution in [0.2, 0.25) is 0 Å². The Morgan fingerprint density at radius 3 is 2.55 bits per heavy atom. The van der Waals surface area contributed by atoms with Crippen molar-refractivity contribution in [1.82, 2.24) is 10.2 Å². The van der Waals surface area contributed by atoms with E-state index in [1.807, 2.05) is 25.7 Å². The van der Waals surface area contributed by atoms with E-state index in [4.69, 9.17) is 0 Å². The van der Waals surface area contributed by atoms with Crippen LogP contribution in [0.25, 0.3) is 0 Å². The van der Waals surface area contributed by atoms with E-state index in [0.717, 1.165) is 13.0 Å². The van der Waals surface area contributed by atoms with Crippen LogP contribution in [0.15, 0.2) is 0 Å². The molecule has 5 heteroatoms. The number of likely N-dealkylation sites (tertiary alicyclic amines) is 1. The summed E-state index contributed by atoms with van der Waals surface area (Å²) < 4.78 is 0. The molecule has 0 saturated carbocycles. The van der Waals surface area contributed by atoms with Gasteiger partial charge in [-0.1, -0.05) is 20.8 Å². The van der Waals surface area contributed by atoms with Gasteiger partial charge in [-0.25, -0.2) is 0 Å². The topological polar surface area (TPSA) is 69.6 Å². The van der Waals surface area contributed by atoms with E-state index in [1.165, 1.54) is 0 Å². The molecule has 0 radical (unpaired) electrons. The normalized spacial score (nSPS) is 20.9. The van der Waals surface area contributed by atoms with Crippen molar-refractivity contribution < 1.29 is 14.7 Å².